The van der Waals surface area contributed by atoms with Gasteiger partial charge in [-0.3, -0.25) is 9.47 Å². The number of hydrogen-bond donors (Lipinski definition) is 1. The van der Waals surface area contributed by atoms with Crippen molar-refractivity contribution in [1.82, 2.24) is 24.4 Å². The van der Waals surface area contributed by atoms with Crippen molar-refractivity contribution in [2.45, 2.75) is 33.4 Å². The molecule has 0 bridgehead atoms. The molecule has 2 aromatic carbocycles. The van der Waals surface area contributed by atoms with Gasteiger partial charge < -0.3 is 10.2 Å². The van der Waals surface area contributed by atoms with Crippen LogP contribution in [-0.4, -0.2) is 63.7 Å². The van der Waals surface area contributed by atoms with E-state index in [1.165, 1.54) is 35.3 Å². The number of aromatic nitrogens is 4. The molecule has 0 aliphatic carbocycles. The molecule has 0 unspecified atom stereocenters. The van der Waals surface area contributed by atoms with Crippen LogP contribution in [-0.2, 0) is 12.6 Å². The van der Waals surface area contributed by atoms with E-state index in [-0.39, 0.29) is 0 Å². The van der Waals surface area contributed by atoms with Crippen LogP contribution in [0.15, 0.2) is 48.8 Å². The normalized spacial score (nSPS) is 14.8. The lowest BCUT2D eigenvalue weighted by Crippen LogP contribution is -2.47. The first-order valence-electron chi connectivity index (χ1n) is 12.9. The summed E-state index contributed by atoms with van der Waals surface area (Å²) in [6.45, 7) is 11.8. The second-order valence-electron chi connectivity index (χ2n) is 9.63. The molecule has 7 nitrogen and oxygen atoms in total. The van der Waals surface area contributed by atoms with Gasteiger partial charge in [0.15, 0.2) is 17.0 Å². The van der Waals surface area contributed by atoms with Crippen molar-refractivity contribution in [1.29, 1.82) is 0 Å². The maximum Gasteiger partial charge on any atom is 0.416 e. The summed E-state index contributed by atoms with van der Waals surface area (Å²) < 4.78 is 40.9. The summed E-state index contributed by atoms with van der Waals surface area (Å²) in [4.78, 5) is 18.5. The maximum absolute atomic E-state index is 13.0. The molecule has 3 heterocycles. The molecule has 0 radical (unpaired) electrons. The molecule has 0 spiro atoms. The van der Waals surface area contributed by atoms with E-state index in [1.807, 2.05) is 6.92 Å². The Balaban J connectivity index is 1.25. The predicted octanol–water partition coefficient (Wildman–Crippen LogP) is 5.25. The van der Waals surface area contributed by atoms with Crippen LogP contribution < -0.4 is 10.2 Å². The first kappa shape index (κ1) is 26.0. The Labute approximate surface area is 220 Å². The maximum atomic E-state index is 13.0. The molecule has 1 aliphatic rings. The minimum absolute atomic E-state index is 0.571. The highest BCUT2D eigenvalue weighted by atomic mass is 19.4. The minimum Gasteiger partial charge on any atom is -0.369 e. The van der Waals surface area contributed by atoms with Crippen LogP contribution in [0.2, 0.25) is 0 Å². The van der Waals surface area contributed by atoms with E-state index in [0.29, 0.717) is 41.5 Å². The molecule has 2 aromatic heterocycles. The number of imidazole rings is 1. The number of benzene rings is 2. The molecule has 0 atom stereocenters. The van der Waals surface area contributed by atoms with Gasteiger partial charge in [0.1, 0.15) is 12.2 Å². The van der Waals surface area contributed by atoms with Crippen LogP contribution in [0.25, 0.3) is 16.9 Å². The van der Waals surface area contributed by atoms with Crippen LogP contribution in [0.1, 0.15) is 29.4 Å². The highest BCUT2D eigenvalue weighted by Crippen LogP contribution is 2.31. The number of anilines is 2. The minimum atomic E-state index is -4.38. The van der Waals surface area contributed by atoms with Crippen molar-refractivity contribution in [2.24, 2.45) is 0 Å². The van der Waals surface area contributed by atoms with Crippen molar-refractivity contribution >= 4 is 22.7 Å². The molecule has 4 aromatic rings. The molecule has 1 fully saturated rings. The van der Waals surface area contributed by atoms with Gasteiger partial charge in [0.2, 0.25) is 0 Å². The van der Waals surface area contributed by atoms with Gasteiger partial charge in [-0.2, -0.15) is 13.2 Å². The third kappa shape index (κ3) is 5.18. The lowest BCUT2D eigenvalue weighted by atomic mass is 10.1. The average Bonchev–Trinajstić information content (AvgIpc) is 3.30. The fraction of sp³-hybridized carbons (Fsp3) is 0.393. The van der Waals surface area contributed by atoms with Gasteiger partial charge in [0.25, 0.3) is 0 Å². The number of aryl methyl sites for hydroxylation is 2. The molecule has 200 valence electrons. The van der Waals surface area contributed by atoms with E-state index in [9.17, 15) is 13.2 Å². The van der Waals surface area contributed by atoms with E-state index in [4.69, 9.17) is 4.98 Å². The second-order valence-corrected chi connectivity index (χ2v) is 9.63. The summed E-state index contributed by atoms with van der Waals surface area (Å²) in [7, 11) is 0. The first-order chi connectivity index (χ1) is 18.3. The van der Waals surface area contributed by atoms with Gasteiger partial charge in [-0.1, -0.05) is 19.1 Å². The van der Waals surface area contributed by atoms with E-state index in [1.54, 1.807) is 4.57 Å². The monoisotopic (exact) mass is 523 g/mol. The van der Waals surface area contributed by atoms with Crippen molar-refractivity contribution in [2.75, 3.05) is 49.5 Å². The SMILES string of the molecule is CCc1nc2c(NCCN3CCN(c4cccc(C)c4C)CC3)ncnc2n1-c1ccc(C(F)(F)F)cc1. The molecule has 1 saturated heterocycles. The highest BCUT2D eigenvalue weighted by molar-refractivity contribution is 5.84. The van der Waals surface area contributed by atoms with Gasteiger partial charge in [-0.05, 0) is 55.3 Å². The zero-order valence-electron chi connectivity index (χ0n) is 21.9. The Bertz CT molecular complexity index is 1400. The molecule has 1 N–H and O–H groups in total. The number of nitrogens with zero attached hydrogens (tertiary/aromatic N) is 6. The molecular formula is C28H32F3N7. The molecule has 38 heavy (non-hydrogen) atoms. The second kappa shape index (κ2) is 10.6. The smallest absolute Gasteiger partial charge is 0.369 e. The van der Waals surface area contributed by atoms with Crippen LogP contribution in [0.3, 0.4) is 0 Å². The van der Waals surface area contributed by atoms with Crippen LogP contribution >= 0.6 is 0 Å². The Morgan fingerprint density at radius 1 is 0.947 bits per heavy atom. The molecule has 5 rings (SSSR count). The standard InChI is InChI=1S/C28H32F3N7/c1-4-24-35-25-26(33-18-34-27(25)38(24)22-10-8-21(9-11-22)28(29,30)31)32-12-13-36-14-16-37(17-15-36)23-7-5-6-19(2)20(23)3/h5-11,18H,4,12-17H2,1-3H3,(H,32,33,34). The van der Waals surface area contributed by atoms with Crippen LogP contribution in [0.4, 0.5) is 24.7 Å². The van der Waals surface area contributed by atoms with Gasteiger partial charge in [0.05, 0.1) is 5.56 Å². The van der Waals surface area contributed by atoms with E-state index in [2.05, 4.69) is 57.1 Å². The third-order valence-corrected chi connectivity index (χ3v) is 7.29. The van der Waals surface area contributed by atoms with Crippen molar-refractivity contribution in [3.8, 4) is 5.69 Å². The van der Waals surface area contributed by atoms with E-state index in [0.717, 1.165) is 44.9 Å². The lowest BCUT2D eigenvalue weighted by Gasteiger charge is -2.37. The lowest BCUT2D eigenvalue weighted by molar-refractivity contribution is -0.137. The fourth-order valence-corrected chi connectivity index (χ4v) is 5.00. The number of nitrogens with one attached hydrogen (secondary N) is 1. The number of alkyl halides is 3. The van der Waals surface area contributed by atoms with Gasteiger partial charge in [-0.15, -0.1) is 0 Å². The molecular weight excluding hydrogens is 491 g/mol. The van der Waals surface area contributed by atoms with Gasteiger partial charge in [0, 0.05) is 57.1 Å². The summed E-state index contributed by atoms with van der Waals surface area (Å²) in [5.74, 6) is 1.34. The average molecular weight is 524 g/mol. The molecule has 0 saturated carbocycles. The zero-order chi connectivity index (χ0) is 26.9. The van der Waals surface area contributed by atoms with Crippen molar-refractivity contribution in [3.63, 3.8) is 0 Å². The molecule has 0 amide bonds. The number of rotatable bonds is 7. The van der Waals surface area contributed by atoms with Crippen molar-refractivity contribution < 1.29 is 13.2 Å². The van der Waals surface area contributed by atoms with Crippen molar-refractivity contribution in [3.05, 3.63) is 71.3 Å². The summed E-state index contributed by atoms with van der Waals surface area (Å²) in [5.41, 5.74) is 5.07. The van der Waals surface area contributed by atoms with Gasteiger partial charge >= 0.3 is 6.18 Å². The largest absolute Gasteiger partial charge is 0.416 e. The number of hydrogen-bond acceptors (Lipinski definition) is 6. The number of fused-ring (bicyclic) bond motifs is 1. The first-order valence-corrected chi connectivity index (χ1v) is 12.9. The molecule has 1 aliphatic heterocycles. The highest BCUT2D eigenvalue weighted by Gasteiger charge is 2.30. The topological polar surface area (TPSA) is 62.1 Å². The summed E-state index contributed by atoms with van der Waals surface area (Å²) >= 11 is 0. The van der Waals surface area contributed by atoms with E-state index < -0.39 is 11.7 Å². The summed E-state index contributed by atoms with van der Waals surface area (Å²) in [6, 6.07) is 11.6. The Kier molecular flexibility index (Phi) is 7.25. The fourth-order valence-electron chi connectivity index (χ4n) is 5.00. The number of halogens is 3. The van der Waals surface area contributed by atoms with Gasteiger partial charge in [-0.25, -0.2) is 15.0 Å². The third-order valence-electron chi connectivity index (χ3n) is 7.29. The quantitative estimate of drug-likeness (QED) is 0.357. The Morgan fingerprint density at radius 3 is 2.37 bits per heavy atom. The summed E-state index contributed by atoms with van der Waals surface area (Å²) in [5, 5.41) is 3.41. The Morgan fingerprint density at radius 2 is 1.68 bits per heavy atom. The summed E-state index contributed by atoms with van der Waals surface area (Å²) in [6.07, 6.45) is -2.31. The van der Waals surface area contributed by atoms with E-state index >= 15 is 0 Å². The molecule has 10 heteroatoms. The number of piperazine rings is 1. The Hall–Kier alpha value is -3.66. The predicted molar refractivity (Wildman–Crippen MR) is 144 cm³/mol. The zero-order valence-corrected chi connectivity index (χ0v) is 21.9. The van der Waals surface area contributed by atoms with Crippen LogP contribution in [0.5, 0.6) is 0 Å². The van der Waals surface area contributed by atoms with Crippen LogP contribution in [0, 0.1) is 13.8 Å².